The molecule has 1 aliphatic rings. The highest BCUT2D eigenvalue weighted by molar-refractivity contribution is 8.16. The number of rotatable bonds is 9. The molecule has 0 spiro atoms. The van der Waals surface area contributed by atoms with Gasteiger partial charge in [0.2, 0.25) is 5.91 Å². The van der Waals surface area contributed by atoms with Gasteiger partial charge in [-0.15, -0.1) is 4.40 Å². The normalized spacial score (nSPS) is 16.9. The van der Waals surface area contributed by atoms with Crippen molar-refractivity contribution in [1.29, 1.82) is 0 Å². The number of benzene rings is 2. The lowest BCUT2D eigenvalue weighted by atomic mass is 10.1. The van der Waals surface area contributed by atoms with Gasteiger partial charge in [-0.25, -0.2) is 0 Å². The summed E-state index contributed by atoms with van der Waals surface area (Å²) in [6, 6.07) is 18.1. The van der Waals surface area contributed by atoms with E-state index in [0.29, 0.717) is 13.0 Å². The van der Waals surface area contributed by atoms with Gasteiger partial charge >= 0.3 is 0 Å². The summed E-state index contributed by atoms with van der Waals surface area (Å²) in [6.07, 6.45) is 4.04. The van der Waals surface area contributed by atoms with E-state index in [1.165, 1.54) is 17.7 Å². The quantitative estimate of drug-likeness (QED) is 0.467. The number of hydrogen-bond donors (Lipinski definition) is 1. The monoisotopic (exact) mass is 509 g/mol. The molecule has 9 heteroatoms. The molecule has 0 aliphatic carbocycles. The van der Waals surface area contributed by atoms with Crippen molar-refractivity contribution in [2.24, 2.45) is 4.40 Å². The van der Waals surface area contributed by atoms with Crippen LogP contribution < -0.4 is 10.1 Å². The second kappa shape index (κ2) is 11.0. The third-order valence-electron chi connectivity index (χ3n) is 5.56. The molecule has 35 heavy (non-hydrogen) atoms. The largest absolute Gasteiger partial charge is 0.493 e. The van der Waals surface area contributed by atoms with Gasteiger partial charge in [0.1, 0.15) is 5.75 Å². The molecule has 0 saturated carbocycles. The molecular formula is C26H27N3O4S2. The lowest BCUT2D eigenvalue weighted by Crippen LogP contribution is -2.26. The molecule has 0 radical (unpaired) electrons. The molecule has 1 amide bonds. The third kappa shape index (κ3) is 6.70. The molecule has 1 saturated heterocycles. The Bertz CT molecular complexity index is 1300. The van der Waals surface area contributed by atoms with Gasteiger partial charge in [-0.2, -0.15) is 8.42 Å². The summed E-state index contributed by atoms with van der Waals surface area (Å²) in [7, 11) is -3.89. The zero-order valence-electron chi connectivity index (χ0n) is 19.6. The van der Waals surface area contributed by atoms with E-state index in [1.807, 2.05) is 43.5 Å². The molecule has 1 aliphatic heterocycles. The number of nitrogens with one attached hydrogen (secondary N) is 1. The van der Waals surface area contributed by atoms with E-state index in [1.54, 1.807) is 12.1 Å². The number of carbonyl (C=O) groups excluding carboxylic acids is 1. The Kier molecular flexibility index (Phi) is 7.87. The number of aryl methyl sites for hydroxylation is 2. The van der Waals surface area contributed by atoms with Gasteiger partial charge in [0, 0.05) is 18.3 Å². The summed E-state index contributed by atoms with van der Waals surface area (Å²) in [5.41, 5.74) is 4.11. The number of amidine groups is 1. The van der Waals surface area contributed by atoms with E-state index >= 15 is 0 Å². The molecule has 1 fully saturated rings. The van der Waals surface area contributed by atoms with E-state index < -0.39 is 15.3 Å². The van der Waals surface area contributed by atoms with Gasteiger partial charge in [-0.3, -0.25) is 9.78 Å². The van der Waals surface area contributed by atoms with Crippen LogP contribution in [0, 0.1) is 6.92 Å². The van der Waals surface area contributed by atoms with E-state index in [9.17, 15) is 13.2 Å². The first-order chi connectivity index (χ1) is 16.8. The summed E-state index contributed by atoms with van der Waals surface area (Å²) in [5, 5.41) is 2.23. The highest BCUT2D eigenvalue weighted by Crippen LogP contribution is 2.26. The second-order valence-electron chi connectivity index (χ2n) is 8.24. The van der Waals surface area contributed by atoms with Crippen LogP contribution in [-0.4, -0.2) is 36.3 Å². The summed E-state index contributed by atoms with van der Waals surface area (Å²) >= 11 is 1.13. The van der Waals surface area contributed by atoms with Crippen LogP contribution in [0.4, 0.5) is 0 Å². The lowest BCUT2D eigenvalue weighted by molar-refractivity contribution is -0.118. The van der Waals surface area contributed by atoms with Crippen molar-refractivity contribution in [1.82, 2.24) is 10.3 Å². The van der Waals surface area contributed by atoms with E-state index in [0.717, 1.165) is 47.2 Å². The van der Waals surface area contributed by atoms with Crippen LogP contribution in [-0.2, 0) is 34.1 Å². The van der Waals surface area contributed by atoms with Crippen LogP contribution in [0.5, 0.6) is 5.75 Å². The zero-order chi connectivity index (χ0) is 24.8. The number of thioether (sulfide) groups is 1. The smallest absolute Gasteiger partial charge is 0.284 e. The maximum atomic E-state index is 12.5. The number of amides is 1. The average Bonchev–Trinajstić information content (AvgIpc) is 3.18. The summed E-state index contributed by atoms with van der Waals surface area (Å²) in [4.78, 5) is 16.9. The van der Waals surface area contributed by atoms with Crippen molar-refractivity contribution in [2.45, 2.75) is 43.3 Å². The van der Waals surface area contributed by atoms with Gasteiger partial charge < -0.3 is 10.1 Å². The van der Waals surface area contributed by atoms with Crippen molar-refractivity contribution >= 4 is 32.9 Å². The Morgan fingerprint density at radius 2 is 1.74 bits per heavy atom. The SMILES string of the molecule is CCc1ccc(CCOc2ccc(CC3SC(=NS(=O)(=O)c4ccc(C)cc4)NC3=O)cc2)nc1. The molecule has 4 rings (SSSR count). The molecule has 2 aromatic carbocycles. The van der Waals surface area contributed by atoms with Crippen LogP contribution in [0.15, 0.2) is 76.2 Å². The highest BCUT2D eigenvalue weighted by atomic mass is 32.2. The highest BCUT2D eigenvalue weighted by Gasteiger charge is 2.32. The number of ether oxygens (including phenoxy) is 1. The second-order valence-corrected chi connectivity index (χ2v) is 11.0. The van der Waals surface area contributed by atoms with Crippen LogP contribution in [0.1, 0.15) is 29.3 Å². The molecule has 2 heterocycles. The topological polar surface area (TPSA) is 97.7 Å². The summed E-state index contributed by atoms with van der Waals surface area (Å²) < 4.78 is 34.7. The zero-order valence-corrected chi connectivity index (χ0v) is 21.2. The summed E-state index contributed by atoms with van der Waals surface area (Å²) in [5.74, 6) is 0.490. The van der Waals surface area contributed by atoms with Gasteiger partial charge in [0.15, 0.2) is 5.17 Å². The Morgan fingerprint density at radius 3 is 2.40 bits per heavy atom. The summed E-state index contributed by atoms with van der Waals surface area (Å²) in [6.45, 7) is 4.50. The maximum Gasteiger partial charge on any atom is 0.284 e. The molecule has 1 unspecified atom stereocenters. The van der Waals surface area contributed by atoms with Crippen molar-refractivity contribution < 1.29 is 17.9 Å². The minimum absolute atomic E-state index is 0.0956. The lowest BCUT2D eigenvalue weighted by Gasteiger charge is -2.09. The van der Waals surface area contributed by atoms with E-state index in [4.69, 9.17) is 4.74 Å². The Hall–Kier alpha value is -3.17. The first-order valence-corrected chi connectivity index (χ1v) is 13.7. The molecule has 1 atom stereocenters. The molecule has 182 valence electrons. The molecule has 0 bridgehead atoms. The number of pyridine rings is 1. The number of sulfonamides is 1. The number of nitrogens with zero attached hydrogens (tertiary/aromatic N) is 2. The standard InChI is InChI=1S/C26H27N3O4S2/c1-3-19-6-9-21(27-17-19)14-15-33-22-10-7-20(8-11-22)16-24-25(30)28-26(34-24)29-35(31,32)23-12-4-18(2)5-13-23/h4-13,17,24H,3,14-16H2,1-2H3,(H,28,29,30). The fraction of sp³-hybridized carbons (Fsp3) is 0.269. The number of aromatic nitrogens is 1. The van der Waals surface area contributed by atoms with Gasteiger partial charge in [0.25, 0.3) is 10.0 Å². The molecule has 3 aromatic rings. The third-order valence-corrected chi connectivity index (χ3v) is 8.05. The van der Waals surface area contributed by atoms with Crippen LogP contribution in [0.25, 0.3) is 0 Å². The molecular weight excluding hydrogens is 482 g/mol. The van der Waals surface area contributed by atoms with Crippen LogP contribution >= 0.6 is 11.8 Å². The van der Waals surface area contributed by atoms with Gasteiger partial charge in [-0.05, 0) is 61.2 Å². The van der Waals surface area contributed by atoms with Crippen molar-refractivity contribution in [3.05, 3.63) is 89.2 Å². The van der Waals surface area contributed by atoms with Crippen LogP contribution in [0.3, 0.4) is 0 Å². The maximum absolute atomic E-state index is 12.5. The molecule has 7 nitrogen and oxygen atoms in total. The number of carbonyl (C=O) groups is 1. The Balaban J connectivity index is 1.30. The Morgan fingerprint density at radius 1 is 1.03 bits per heavy atom. The predicted octanol–water partition coefficient (Wildman–Crippen LogP) is 4.09. The minimum Gasteiger partial charge on any atom is -0.493 e. The van der Waals surface area contributed by atoms with Crippen LogP contribution in [0.2, 0.25) is 0 Å². The molecule has 1 aromatic heterocycles. The van der Waals surface area contributed by atoms with Crippen molar-refractivity contribution in [3.8, 4) is 5.75 Å². The first-order valence-electron chi connectivity index (χ1n) is 11.4. The first kappa shape index (κ1) is 24.9. The van der Waals surface area contributed by atoms with Gasteiger partial charge in [0.05, 0.1) is 16.8 Å². The fourth-order valence-electron chi connectivity index (χ4n) is 3.48. The van der Waals surface area contributed by atoms with E-state index in [2.05, 4.69) is 27.7 Å². The fourth-order valence-corrected chi connectivity index (χ4v) is 5.66. The minimum atomic E-state index is -3.89. The van der Waals surface area contributed by atoms with Crippen molar-refractivity contribution in [3.63, 3.8) is 0 Å². The predicted molar refractivity (Wildman–Crippen MR) is 138 cm³/mol. The van der Waals surface area contributed by atoms with E-state index in [-0.39, 0.29) is 16.0 Å². The number of hydrogen-bond acceptors (Lipinski definition) is 6. The Labute approximate surface area is 210 Å². The van der Waals surface area contributed by atoms with Gasteiger partial charge in [-0.1, -0.05) is 54.6 Å². The van der Waals surface area contributed by atoms with Crippen molar-refractivity contribution in [2.75, 3.05) is 6.61 Å². The average molecular weight is 510 g/mol. The molecule has 1 N–H and O–H groups in total.